The van der Waals surface area contributed by atoms with E-state index in [1.165, 1.54) is 47.3 Å². The predicted molar refractivity (Wildman–Crippen MR) is 135 cm³/mol. The molecule has 2 aromatic carbocycles. The van der Waals surface area contributed by atoms with Gasteiger partial charge in [0.15, 0.2) is 0 Å². The third-order valence-electron chi connectivity index (χ3n) is 5.91. The molecule has 0 spiro atoms. The van der Waals surface area contributed by atoms with Gasteiger partial charge in [-0.25, -0.2) is 17.8 Å². The predicted octanol–water partition coefficient (Wildman–Crippen LogP) is 5.45. The van der Waals surface area contributed by atoms with Crippen molar-refractivity contribution in [3.8, 4) is 0 Å². The smallest absolute Gasteiger partial charge is 0.267 e. The summed E-state index contributed by atoms with van der Waals surface area (Å²) in [5.74, 6) is -0.578. The van der Waals surface area contributed by atoms with Gasteiger partial charge in [-0.1, -0.05) is 19.9 Å². The summed E-state index contributed by atoms with van der Waals surface area (Å²) in [6.45, 7) is 4.17. The summed E-state index contributed by atoms with van der Waals surface area (Å²) in [5, 5.41) is 13.2. The number of sulfonamides is 1. The van der Waals surface area contributed by atoms with Gasteiger partial charge < -0.3 is 0 Å². The first-order chi connectivity index (χ1) is 17.6. The van der Waals surface area contributed by atoms with Gasteiger partial charge in [0.05, 0.1) is 22.0 Å². The molecule has 188 valence electrons. The van der Waals surface area contributed by atoms with Gasteiger partial charge in [0.1, 0.15) is 17.3 Å². The Morgan fingerprint density at radius 3 is 2.41 bits per heavy atom. The van der Waals surface area contributed by atoms with Gasteiger partial charge >= 0.3 is 0 Å². The van der Waals surface area contributed by atoms with Crippen molar-refractivity contribution in [1.29, 1.82) is 0 Å². The molecule has 0 aliphatic heterocycles. The summed E-state index contributed by atoms with van der Waals surface area (Å²) in [7, 11) is -3.81. The summed E-state index contributed by atoms with van der Waals surface area (Å²) in [4.78, 5) is 17.1. The third kappa shape index (κ3) is 5.17. The van der Waals surface area contributed by atoms with Crippen molar-refractivity contribution in [2.45, 2.75) is 31.6 Å². The van der Waals surface area contributed by atoms with E-state index in [0.717, 1.165) is 0 Å². The number of benzene rings is 2. The lowest BCUT2D eigenvalue weighted by Crippen LogP contribution is -2.23. The monoisotopic (exact) mass is 518 g/mol. The largest absolute Gasteiger partial charge is 0.278 e. The van der Waals surface area contributed by atoms with E-state index in [1.54, 1.807) is 30.3 Å². The topological polar surface area (TPSA) is 119 Å². The highest BCUT2D eigenvalue weighted by Crippen LogP contribution is 2.41. The Morgan fingerprint density at radius 2 is 1.73 bits per heavy atom. The van der Waals surface area contributed by atoms with Crippen molar-refractivity contribution in [1.82, 2.24) is 14.8 Å². The molecule has 2 aromatic heterocycles. The summed E-state index contributed by atoms with van der Waals surface area (Å²) >= 11 is 0. The molecule has 0 saturated heterocycles. The number of aromatic nitrogens is 3. The van der Waals surface area contributed by atoms with Crippen LogP contribution in [0.2, 0.25) is 0 Å². The summed E-state index contributed by atoms with van der Waals surface area (Å²) in [5.41, 5.74) is 2.42. The van der Waals surface area contributed by atoms with Crippen LogP contribution < -0.4 is 4.72 Å². The molecule has 0 amide bonds. The van der Waals surface area contributed by atoms with Gasteiger partial charge in [-0.2, -0.15) is 14.9 Å². The van der Waals surface area contributed by atoms with Crippen LogP contribution in [0.1, 0.15) is 35.6 Å². The molecule has 1 aliphatic carbocycles. The van der Waals surface area contributed by atoms with E-state index < -0.39 is 15.8 Å². The van der Waals surface area contributed by atoms with Crippen molar-refractivity contribution < 1.29 is 17.6 Å². The van der Waals surface area contributed by atoms with Crippen LogP contribution >= 0.6 is 0 Å². The number of fused-ring (bicyclic) bond motifs is 2. The number of nitrogens with one attached hydrogen (secondary N) is 1. The summed E-state index contributed by atoms with van der Waals surface area (Å²) in [6.07, 6.45) is 2.65. The van der Waals surface area contributed by atoms with E-state index in [9.17, 15) is 17.6 Å². The fourth-order valence-electron chi connectivity index (χ4n) is 4.16. The minimum absolute atomic E-state index is 0.0547. The molecular formula is C26H23FN6O3S. The molecule has 9 nitrogen and oxygen atoms in total. The standard InChI is InChI=1S/C26H23FN6O3S/c1-26(2)15-21-24(22(16-26)33(31-21)25(34)17-6-8-18(27)9-7-17)30-29-19-10-12-20(13-11-19)37(35,36)32-23-5-3-4-14-28-23/h3-14H,15-16H2,1-2H3,(H,28,32). The van der Waals surface area contributed by atoms with Crippen LogP contribution in [0.5, 0.6) is 0 Å². The number of hydrogen-bond acceptors (Lipinski definition) is 7. The zero-order valence-electron chi connectivity index (χ0n) is 20.1. The average molecular weight is 519 g/mol. The number of carbonyl (C=O) groups is 1. The molecule has 2 bridgehead atoms. The van der Waals surface area contributed by atoms with E-state index in [0.29, 0.717) is 41.2 Å². The Labute approximate surface area is 213 Å². The van der Waals surface area contributed by atoms with Crippen LogP contribution in [-0.2, 0) is 22.9 Å². The van der Waals surface area contributed by atoms with Crippen LogP contribution in [0.4, 0.5) is 21.6 Å². The lowest BCUT2D eigenvalue weighted by molar-refractivity contribution is 0.0941. The maximum absolute atomic E-state index is 13.3. The molecular weight excluding hydrogens is 495 g/mol. The molecule has 0 fully saturated rings. The van der Waals surface area contributed by atoms with Gasteiger partial charge in [-0.05, 0) is 78.9 Å². The second-order valence-electron chi connectivity index (χ2n) is 9.50. The van der Waals surface area contributed by atoms with Gasteiger partial charge in [-0.3, -0.25) is 9.52 Å². The minimum Gasteiger partial charge on any atom is -0.267 e. The quantitative estimate of drug-likeness (QED) is 0.341. The number of nitrogens with zero attached hydrogens (tertiary/aromatic N) is 5. The highest BCUT2D eigenvalue weighted by atomic mass is 32.2. The van der Waals surface area contributed by atoms with E-state index in [1.807, 2.05) is 0 Å². The van der Waals surface area contributed by atoms with Crippen molar-refractivity contribution in [2.24, 2.45) is 15.6 Å². The van der Waals surface area contributed by atoms with Crippen molar-refractivity contribution in [3.05, 3.63) is 95.7 Å². The zero-order chi connectivity index (χ0) is 26.2. The fourth-order valence-corrected chi connectivity index (χ4v) is 5.17. The van der Waals surface area contributed by atoms with Crippen molar-refractivity contribution >= 4 is 33.1 Å². The molecule has 1 N–H and O–H groups in total. The zero-order valence-corrected chi connectivity index (χ0v) is 20.9. The van der Waals surface area contributed by atoms with Crippen LogP contribution in [0.15, 0.2) is 88.1 Å². The van der Waals surface area contributed by atoms with E-state index in [2.05, 4.69) is 38.9 Å². The molecule has 0 radical (unpaired) electrons. The van der Waals surface area contributed by atoms with Crippen LogP contribution in [0.25, 0.3) is 0 Å². The van der Waals surface area contributed by atoms with Crippen LogP contribution in [0.3, 0.4) is 0 Å². The maximum Gasteiger partial charge on any atom is 0.278 e. The third-order valence-corrected chi connectivity index (χ3v) is 7.29. The number of azo groups is 1. The second kappa shape index (κ2) is 9.32. The highest BCUT2D eigenvalue weighted by Gasteiger charge is 2.35. The average Bonchev–Trinajstić information content (AvgIpc) is 3.10. The van der Waals surface area contributed by atoms with E-state index >= 15 is 0 Å². The highest BCUT2D eigenvalue weighted by molar-refractivity contribution is 7.92. The van der Waals surface area contributed by atoms with Crippen LogP contribution in [-0.4, -0.2) is 29.1 Å². The van der Waals surface area contributed by atoms with Gasteiger partial charge in [0.2, 0.25) is 0 Å². The Kier molecular flexibility index (Phi) is 6.16. The number of pyridine rings is 1. The molecule has 0 saturated carbocycles. The molecule has 11 heteroatoms. The van der Waals surface area contributed by atoms with Crippen molar-refractivity contribution in [2.75, 3.05) is 4.72 Å². The van der Waals surface area contributed by atoms with Crippen molar-refractivity contribution in [3.63, 3.8) is 0 Å². The summed E-state index contributed by atoms with van der Waals surface area (Å²) < 4.78 is 42.3. The Balaban J connectivity index is 1.41. The first-order valence-corrected chi connectivity index (χ1v) is 13.0. The molecule has 0 atom stereocenters. The molecule has 2 heterocycles. The van der Waals surface area contributed by atoms with Gasteiger partial charge in [0.25, 0.3) is 15.9 Å². The van der Waals surface area contributed by atoms with Gasteiger partial charge in [0, 0.05) is 11.8 Å². The maximum atomic E-state index is 13.3. The minimum atomic E-state index is -3.81. The number of anilines is 1. The first-order valence-electron chi connectivity index (χ1n) is 11.5. The van der Waals surface area contributed by atoms with Crippen LogP contribution in [0, 0.1) is 11.2 Å². The van der Waals surface area contributed by atoms with Gasteiger partial charge in [-0.15, -0.1) is 5.11 Å². The number of hydrogen-bond donors (Lipinski definition) is 1. The number of halogens is 1. The molecule has 4 aromatic rings. The Bertz CT molecular complexity index is 1600. The molecule has 0 unspecified atom stereocenters. The van der Waals surface area contributed by atoms with E-state index in [4.69, 9.17) is 0 Å². The molecule has 1 aliphatic rings. The number of rotatable bonds is 6. The number of carbonyl (C=O) groups excluding carboxylic acids is 1. The fraction of sp³-hybridized carbons (Fsp3) is 0.192. The molecule has 37 heavy (non-hydrogen) atoms. The SMILES string of the molecule is CC1(C)Cc2nn(C(=O)c3ccc(F)cc3)c(c2N=Nc2ccc(S(=O)(=O)Nc3ccccn3)cc2)C1. The molecule has 5 rings (SSSR count). The second-order valence-corrected chi connectivity index (χ2v) is 11.2. The Hall–Kier alpha value is -4.25. The van der Waals surface area contributed by atoms with E-state index in [-0.39, 0.29) is 22.0 Å². The first kappa shape index (κ1) is 24.4. The lowest BCUT2D eigenvalue weighted by Gasteiger charge is -2.26. The normalized spacial score (nSPS) is 14.6. The summed E-state index contributed by atoms with van der Waals surface area (Å²) in [6, 6.07) is 16.2. The lowest BCUT2D eigenvalue weighted by atomic mass is 9.79. The Morgan fingerprint density at radius 1 is 1.00 bits per heavy atom.